The lowest BCUT2D eigenvalue weighted by molar-refractivity contribution is -0.136. The molecule has 5 nitrogen and oxygen atoms in total. The van der Waals surface area contributed by atoms with Gasteiger partial charge in [-0.2, -0.15) is 0 Å². The summed E-state index contributed by atoms with van der Waals surface area (Å²) >= 11 is 0. The van der Waals surface area contributed by atoms with Crippen LogP contribution in [0.1, 0.15) is 12.0 Å². The molecule has 1 aromatic carbocycles. The van der Waals surface area contributed by atoms with Crippen LogP contribution in [0.15, 0.2) is 30.5 Å². The zero-order chi connectivity index (χ0) is 13.8. The van der Waals surface area contributed by atoms with Crippen molar-refractivity contribution in [3.8, 4) is 0 Å². The molecule has 0 unspecified atom stereocenters. The van der Waals surface area contributed by atoms with E-state index in [9.17, 15) is 9.59 Å². The van der Waals surface area contributed by atoms with E-state index in [0.29, 0.717) is 13.0 Å². The molecular formula is C14H16N2O3. The van der Waals surface area contributed by atoms with E-state index < -0.39 is 5.97 Å². The summed E-state index contributed by atoms with van der Waals surface area (Å²) in [5.74, 6) is -0.883. The number of benzene rings is 1. The lowest BCUT2D eigenvalue weighted by atomic mass is 10.1. The summed E-state index contributed by atoms with van der Waals surface area (Å²) in [6, 6.07) is 7.63. The van der Waals surface area contributed by atoms with Gasteiger partial charge in [0, 0.05) is 37.1 Å². The van der Waals surface area contributed by atoms with Crippen LogP contribution in [-0.4, -0.2) is 28.6 Å². The van der Waals surface area contributed by atoms with Gasteiger partial charge in [0.15, 0.2) is 0 Å². The minimum absolute atomic E-state index is 0.00646. The summed E-state index contributed by atoms with van der Waals surface area (Å²) in [6.45, 7) is 0.541. The molecule has 0 radical (unpaired) electrons. The van der Waals surface area contributed by atoms with E-state index in [1.807, 2.05) is 35.0 Å². The Bertz CT molecular complexity index is 616. The number of aromatic nitrogens is 1. The van der Waals surface area contributed by atoms with Crippen LogP contribution in [0.2, 0.25) is 0 Å². The van der Waals surface area contributed by atoms with Crippen molar-refractivity contribution in [3.63, 3.8) is 0 Å². The Morgan fingerprint density at radius 3 is 2.74 bits per heavy atom. The minimum Gasteiger partial charge on any atom is -0.481 e. The summed E-state index contributed by atoms with van der Waals surface area (Å²) in [5.41, 5.74) is 1.74. The Morgan fingerprint density at radius 2 is 2.05 bits per heavy atom. The first-order valence-electron chi connectivity index (χ1n) is 6.11. The zero-order valence-corrected chi connectivity index (χ0v) is 10.7. The maximum Gasteiger partial charge on any atom is 0.307 e. The topological polar surface area (TPSA) is 71.3 Å². The van der Waals surface area contributed by atoms with Crippen LogP contribution in [0.3, 0.4) is 0 Å². The van der Waals surface area contributed by atoms with Gasteiger partial charge in [0.25, 0.3) is 0 Å². The smallest absolute Gasteiger partial charge is 0.307 e. The van der Waals surface area contributed by atoms with Crippen molar-refractivity contribution in [2.24, 2.45) is 0 Å². The Balaban J connectivity index is 2.33. The summed E-state index contributed by atoms with van der Waals surface area (Å²) in [7, 11) is 1.60. The second-order valence-corrected chi connectivity index (χ2v) is 4.36. The van der Waals surface area contributed by atoms with Crippen LogP contribution in [0.25, 0.3) is 10.9 Å². The third kappa shape index (κ3) is 2.93. The number of amides is 1. The number of nitrogens with zero attached hydrogens (tertiary/aromatic N) is 1. The van der Waals surface area contributed by atoms with Crippen molar-refractivity contribution >= 4 is 22.8 Å². The lowest BCUT2D eigenvalue weighted by Gasteiger charge is -2.04. The first-order valence-corrected chi connectivity index (χ1v) is 6.11. The molecule has 0 atom stereocenters. The summed E-state index contributed by atoms with van der Waals surface area (Å²) in [4.78, 5) is 22.1. The SMILES string of the molecule is CNC(=O)CCn1cc(CC(=O)O)c2ccccc21. The Kier molecular flexibility index (Phi) is 3.85. The number of carbonyl (C=O) groups excluding carboxylic acids is 1. The molecule has 0 aliphatic heterocycles. The first kappa shape index (κ1) is 13.1. The molecule has 0 saturated carbocycles. The second-order valence-electron chi connectivity index (χ2n) is 4.36. The quantitative estimate of drug-likeness (QED) is 0.853. The van der Waals surface area contributed by atoms with E-state index in [2.05, 4.69) is 5.32 Å². The average molecular weight is 260 g/mol. The number of nitrogens with one attached hydrogen (secondary N) is 1. The molecule has 1 amide bonds. The molecule has 0 aliphatic rings. The van der Waals surface area contributed by atoms with Gasteiger partial charge in [-0.1, -0.05) is 18.2 Å². The predicted molar refractivity (Wildman–Crippen MR) is 72.0 cm³/mol. The van der Waals surface area contributed by atoms with Crippen molar-refractivity contribution < 1.29 is 14.7 Å². The molecular weight excluding hydrogens is 244 g/mol. The van der Waals surface area contributed by atoms with Crippen LogP contribution in [0, 0.1) is 0 Å². The monoisotopic (exact) mass is 260 g/mol. The highest BCUT2D eigenvalue weighted by Gasteiger charge is 2.11. The molecule has 1 heterocycles. The van der Waals surface area contributed by atoms with Gasteiger partial charge in [-0.25, -0.2) is 0 Å². The molecule has 2 aromatic rings. The number of hydrogen-bond donors (Lipinski definition) is 2. The number of aryl methyl sites for hydroxylation is 1. The van der Waals surface area contributed by atoms with Gasteiger partial charge in [-0.3, -0.25) is 9.59 Å². The predicted octanol–water partition coefficient (Wildman–Crippen LogP) is 1.40. The maximum absolute atomic E-state index is 11.3. The number of rotatable bonds is 5. The third-order valence-electron chi connectivity index (χ3n) is 3.07. The van der Waals surface area contributed by atoms with Crippen molar-refractivity contribution in [1.29, 1.82) is 0 Å². The number of fused-ring (bicyclic) bond motifs is 1. The third-order valence-corrected chi connectivity index (χ3v) is 3.07. The Labute approximate surface area is 110 Å². The van der Waals surface area contributed by atoms with Gasteiger partial charge in [0.05, 0.1) is 6.42 Å². The first-order chi connectivity index (χ1) is 9.11. The second kappa shape index (κ2) is 5.56. The molecule has 0 bridgehead atoms. The molecule has 100 valence electrons. The van der Waals surface area contributed by atoms with Gasteiger partial charge in [-0.15, -0.1) is 0 Å². The standard InChI is InChI=1S/C14H16N2O3/c1-15-13(17)6-7-16-9-10(8-14(18)19)11-4-2-3-5-12(11)16/h2-5,9H,6-8H2,1H3,(H,15,17)(H,18,19). The summed E-state index contributed by atoms with van der Waals surface area (Å²) in [5, 5.41) is 12.4. The van der Waals surface area contributed by atoms with Crippen molar-refractivity contribution in [3.05, 3.63) is 36.0 Å². The zero-order valence-electron chi connectivity index (χ0n) is 10.7. The fourth-order valence-corrected chi connectivity index (χ4v) is 2.16. The largest absolute Gasteiger partial charge is 0.481 e. The number of para-hydroxylation sites is 1. The number of carbonyl (C=O) groups is 2. The van der Waals surface area contributed by atoms with Crippen LogP contribution in [0.5, 0.6) is 0 Å². The van der Waals surface area contributed by atoms with Gasteiger partial charge >= 0.3 is 5.97 Å². The molecule has 2 N–H and O–H groups in total. The van der Waals surface area contributed by atoms with Crippen LogP contribution in [-0.2, 0) is 22.6 Å². The van der Waals surface area contributed by atoms with Gasteiger partial charge in [-0.05, 0) is 11.6 Å². The highest BCUT2D eigenvalue weighted by molar-refractivity contribution is 5.87. The number of carboxylic acids is 1. The highest BCUT2D eigenvalue weighted by Crippen LogP contribution is 2.22. The van der Waals surface area contributed by atoms with Crippen LogP contribution < -0.4 is 5.32 Å². The molecule has 0 aliphatic carbocycles. The van der Waals surface area contributed by atoms with Crippen molar-refractivity contribution in [1.82, 2.24) is 9.88 Å². The van der Waals surface area contributed by atoms with Crippen LogP contribution >= 0.6 is 0 Å². The molecule has 0 fully saturated rings. The number of aliphatic carboxylic acids is 1. The lowest BCUT2D eigenvalue weighted by Crippen LogP contribution is -2.19. The highest BCUT2D eigenvalue weighted by atomic mass is 16.4. The Morgan fingerprint density at radius 1 is 1.32 bits per heavy atom. The van der Waals surface area contributed by atoms with E-state index >= 15 is 0 Å². The molecule has 5 heteroatoms. The normalized spacial score (nSPS) is 10.6. The van der Waals surface area contributed by atoms with E-state index in [1.54, 1.807) is 7.05 Å². The minimum atomic E-state index is -0.853. The van der Waals surface area contributed by atoms with E-state index in [4.69, 9.17) is 5.11 Å². The molecule has 19 heavy (non-hydrogen) atoms. The van der Waals surface area contributed by atoms with E-state index in [0.717, 1.165) is 16.5 Å². The van der Waals surface area contributed by atoms with Crippen LogP contribution in [0.4, 0.5) is 0 Å². The fraction of sp³-hybridized carbons (Fsp3) is 0.286. The van der Waals surface area contributed by atoms with E-state index in [-0.39, 0.29) is 12.3 Å². The van der Waals surface area contributed by atoms with Crippen molar-refractivity contribution in [2.75, 3.05) is 7.05 Å². The fourth-order valence-electron chi connectivity index (χ4n) is 2.16. The molecule has 1 aromatic heterocycles. The van der Waals surface area contributed by atoms with Gasteiger partial charge < -0.3 is 15.0 Å². The number of carboxylic acid groups (broad SMARTS) is 1. The Hall–Kier alpha value is -2.30. The summed E-state index contributed by atoms with van der Waals surface area (Å²) in [6.07, 6.45) is 2.19. The molecule has 2 rings (SSSR count). The molecule has 0 spiro atoms. The van der Waals surface area contributed by atoms with Gasteiger partial charge in [0.2, 0.25) is 5.91 Å². The maximum atomic E-state index is 11.3. The molecule has 0 saturated heterocycles. The number of hydrogen-bond acceptors (Lipinski definition) is 2. The average Bonchev–Trinajstić information content (AvgIpc) is 2.74. The van der Waals surface area contributed by atoms with Gasteiger partial charge in [0.1, 0.15) is 0 Å². The van der Waals surface area contributed by atoms with Crippen molar-refractivity contribution in [2.45, 2.75) is 19.4 Å². The summed E-state index contributed by atoms with van der Waals surface area (Å²) < 4.78 is 1.93. The van der Waals surface area contributed by atoms with E-state index in [1.165, 1.54) is 0 Å².